The molecule has 2 atom stereocenters. The van der Waals surface area contributed by atoms with Gasteiger partial charge in [0, 0.05) is 50.3 Å². The van der Waals surface area contributed by atoms with E-state index in [4.69, 9.17) is 15.2 Å². The molecule has 9 nitrogen and oxygen atoms in total. The van der Waals surface area contributed by atoms with Crippen LogP contribution in [0.3, 0.4) is 0 Å². The minimum Gasteiger partial charge on any atom is -0.474 e. The molecule has 38 heavy (non-hydrogen) atoms. The molecule has 2 fully saturated rings. The lowest BCUT2D eigenvalue weighted by molar-refractivity contribution is -0.132. The molecule has 3 heterocycles. The van der Waals surface area contributed by atoms with Gasteiger partial charge in [-0.05, 0) is 56.4 Å². The summed E-state index contributed by atoms with van der Waals surface area (Å²) in [5, 5.41) is 9.22. The maximum atomic E-state index is 14.9. The molecule has 2 unspecified atom stereocenters. The molecule has 1 aromatic heterocycles. The van der Waals surface area contributed by atoms with Crippen molar-refractivity contribution >= 4 is 12.0 Å². The Labute approximate surface area is 222 Å². The molecule has 0 bridgehead atoms. The number of amides is 2. The molecule has 2 aliphatic heterocycles. The van der Waals surface area contributed by atoms with E-state index >= 15 is 0 Å². The highest BCUT2D eigenvalue weighted by atomic mass is 19.1. The van der Waals surface area contributed by atoms with Gasteiger partial charge in [0.1, 0.15) is 18.0 Å². The Hall–Kier alpha value is -3.71. The fourth-order valence-electron chi connectivity index (χ4n) is 4.82. The number of benzene rings is 1. The first-order valence-corrected chi connectivity index (χ1v) is 13.1. The lowest BCUT2D eigenvalue weighted by atomic mass is 10.0. The molecule has 2 saturated heterocycles. The third-order valence-corrected chi connectivity index (χ3v) is 6.89. The summed E-state index contributed by atoms with van der Waals surface area (Å²) in [6.07, 6.45) is 3.96. The molecular weight excluding hydrogens is 489 g/mol. The lowest BCUT2D eigenvalue weighted by Crippen LogP contribution is -2.46. The van der Waals surface area contributed by atoms with Crippen molar-refractivity contribution in [3.8, 4) is 23.1 Å². The van der Waals surface area contributed by atoms with Gasteiger partial charge in [-0.25, -0.2) is 14.2 Å². The molecule has 1 aromatic carbocycles. The van der Waals surface area contributed by atoms with Crippen molar-refractivity contribution in [2.45, 2.75) is 70.2 Å². The molecule has 10 heteroatoms. The van der Waals surface area contributed by atoms with Crippen molar-refractivity contribution in [3.63, 3.8) is 0 Å². The second-order valence-electron chi connectivity index (χ2n) is 10.1. The van der Waals surface area contributed by atoms with Gasteiger partial charge in [0.05, 0.1) is 18.2 Å². The molecule has 0 radical (unpaired) electrons. The second kappa shape index (κ2) is 12.2. The van der Waals surface area contributed by atoms with E-state index in [0.717, 1.165) is 12.0 Å². The monoisotopic (exact) mass is 523 g/mol. The van der Waals surface area contributed by atoms with Crippen molar-refractivity contribution in [1.82, 2.24) is 14.8 Å². The number of nitrogens with zero attached hydrogens (tertiary/aromatic N) is 4. The Kier molecular flexibility index (Phi) is 8.79. The fraction of sp³-hybridized carbons (Fsp3) is 0.500. The number of piperidine rings is 1. The van der Waals surface area contributed by atoms with Crippen LogP contribution < -0.4 is 10.5 Å². The number of rotatable bonds is 7. The zero-order valence-electron chi connectivity index (χ0n) is 21.8. The van der Waals surface area contributed by atoms with E-state index in [1.807, 2.05) is 19.9 Å². The number of aromatic nitrogens is 1. The van der Waals surface area contributed by atoms with Crippen molar-refractivity contribution < 1.29 is 23.5 Å². The Bertz CT molecular complexity index is 1170. The lowest BCUT2D eigenvalue weighted by Gasteiger charge is -2.31. The van der Waals surface area contributed by atoms with Crippen molar-refractivity contribution in [2.75, 3.05) is 19.6 Å². The number of hydrogen-bond donors (Lipinski definition) is 1. The van der Waals surface area contributed by atoms with Gasteiger partial charge in [0.15, 0.2) is 0 Å². The third kappa shape index (κ3) is 6.58. The molecule has 202 valence electrons. The van der Waals surface area contributed by atoms with Crippen LogP contribution in [0.1, 0.15) is 45.1 Å². The van der Waals surface area contributed by atoms with Gasteiger partial charge in [-0.2, -0.15) is 5.26 Å². The first-order chi connectivity index (χ1) is 18.2. The average molecular weight is 524 g/mol. The number of hydrogen-bond acceptors (Lipinski definition) is 7. The summed E-state index contributed by atoms with van der Waals surface area (Å²) in [4.78, 5) is 32.3. The first kappa shape index (κ1) is 27.3. The summed E-state index contributed by atoms with van der Waals surface area (Å²) in [7, 11) is 0. The molecule has 2 aromatic rings. The topological polar surface area (TPSA) is 122 Å². The number of nitriles is 1. The van der Waals surface area contributed by atoms with Gasteiger partial charge in [-0.1, -0.05) is 12.1 Å². The standard InChI is InChI=1S/C28H34FN5O4/c1-18(2)37-28(36)33-12-9-23(10-13-33)38-26-8-7-21(17-32-26)19-5-6-20(24(29)14-19)15-25(31)27(35)34-11-3-4-22(34)16-30/h5-8,14,17-18,22-23,25H,3-4,9-13,15,31H2,1-2H3. The van der Waals surface area contributed by atoms with Crippen LogP contribution in [-0.4, -0.2) is 70.7 Å². The summed E-state index contributed by atoms with van der Waals surface area (Å²) in [6.45, 7) is 5.28. The third-order valence-electron chi connectivity index (χ3n) is 6.89. The number of carbonyl (C=O) groups excluding carboxylic acids is 2. The first-order valence-electron chi connectivity index (χ1n) is 13.1. The smallest absolute Gasteiger partial charge is 0.410 e. The predicted octanol–water partition coefficient (Wildman–Crippen LogP) is 3.66. The van der Waals surface area contributed by atoms with Gasteiger partial charge >= 0.3 is 6.09 Å². The molecule has 0 spiro atoms. The molecule has 4 rings (SSSR count). The Balaban J connectivity index is 1.31. The van der Waals surface area contributed by atoms with Crippen LogP contribution in [0, 0.1) is 17.1 Å². The zero-order chi connectivity index (χ0) is 27.2. The number of pyridine rings is 1. The highest BCUT2D eigenvalue weighted by molar-refractivity contribution is 5.83. The summed E-state index contributed by atoms with van der Waals surface area (Å²) in [6, 6.07) is 9.14. The van der Waals surface area contributed by atoms with E-state index in [1.165, 1.54) is 11.0 Å². The van der Waals surface area contributed by atoms with Crippen LogP contribution in [0.2, 0.25) is 0 Å². The SMILES string of the molecule is CC(C)OC(=O)N1CCC(Oc2ccc(-c3ccc(CC(N)C(=O)N4CCCC4C#N)c(F)c3)cn2)CC1. The highest BCUT2D eigenvalue weighted by Crippen LogP contribution is 2.25. The van der Waals surface area contributed by atoms with E-state index in [0.29, 0.717) is 55.9 Å². The predicted molar refractivity (Wildman–Crippen MR) is 138 cm³/mol. The normalized spacial score (nSPS) is 18.8. The van der Waals surface area contributed by atoms with Crippen LogP contribution in [0.5, 0.6) is 5.88 Å². The Morgan fingerprint density at radius 3 is 2.53 bits per heavy atom. The average Bonchev–Trinajstić information content (AvgIpc) is 3.39. The van der Waals surface area contributed by atoms with E-state index in [2.05, 4.69) is 11.1 Å². The maximum Gasteiger partial charge on any atom is 0.410 e. The zero-order valence-corrected chi connectivity index (χ0v) is 21.8. The number of carbonyl (C=O) groups is 2. The van der Waals surface area contributed by atoms with Crippen molar-refractivity contribution in [1.29, 1.82) is 5.26 Å². The van der Waals surface area contributed by atoms with Gasteiger partial charge < -0.3 is 25.0 Å². The van der Waals surface area contributed by atoms with Gasteiger partial charge in [0.25, 0.3) is 0 Å². The van der Waals surface area contributed by atoms with E-state index < -0.39 is 17.9 Å². The number of ether oxygens (including phenoxy) is 2. The van der Waals surface area contributed by atoms with E-state index in [1.54, 1.807) is 29.3 Å². The number of nitrogens with two attached hydrogens (primary N) is 1. The van der Waals surface area contributed by atoms with Crippen LogP contribution in [-0.2, 0) is 16.0 Å². The fourth-order valence-corrected chi connectivity index (χ4v) is 4.82. The molecule has 2 N–H and O–H groups in total. The Morgan fingerprint density at radius 1 is 1.16 bits per heavy atom. The minimum atomic E-state index is -0.907. The Morgan fingerprint density at radius 2 is 1.89 bits per heavy atom. The molecular formula is C28H34FN5O4. The molecule has 2 amide bonds. The number of likely N-dealkylation sites (tertiary alicyclic amines) is 2. The highest BCUT2D eigenvalue weighted by Gasteiger charge is 2.32. The summed E-state index contributed by atoms with van der Waals surface area (Å²) in [5.41, 5.74) is 7.80. The molecule has 2 aliphatic rings. The summed E-state index contributed by atoms with van der Waals surface area (Å²) >= 11 is 0. The summed E-state index contributed by atoms with van der Waals surface area (Å²) < 4.78 is 26.1. The van der Waals surface area contributed by atoms with Crippen LogP contribution in [0.4, 0.5) is 9.18 Å². The van der Waals surface area contributed by atoms with Gasteiger partial charge in [-0.3, -0.25) is 4.79 Å². The quantitative estimate of drug-likeness (QED) is 0.588. The number of halogens is 1. The van der Waals surface area contributed by atoms with Crippen LogP contribution in [0.15, 0.2) is 36.5 Å². The summed E-state index contributed by atoms with van der Waals surface area (Å²) in [5.74, 6) is -0.304. The van der Waals surface area contributed by atoms with E-state index in [-0.39, 0.29) is 30.6 Å². The van der Waals surface area contributed by atoms with Crippen molar-refractivity contribution in [3.05, 3.63) is 47.9 Å². The van der Waals surface area contributed by atoms with Gasteiger partial charge in [0.2, 0.25) is 11.8 Å². The van der Waals surface area contributed by atoms with Gasteiger partial charge in [-0.15, -0.1) is 0 Å². The largest absolute Gasteiger partial charge is 0.474 e. The minimum absolute atomic E-state index is 0.0518. The maximum absolute atomic E-state index is 14.9. The molecule has 0 saturated carbocycles. The van der Waals surface area contributed by atoms with Crippen LogP contribution in [0.25, 0.3) is 11.1 Å². The van der Waals surface area contributed by atoms with E-state index in [9.17, 15) is 19.2 Å². The van der Waals surface area contributed by atoms with Crippen molar-refractivity contribution in [2.24, 2.45) is 5.73 Å². The molecule has 0 aliphatic carbocycles. The second-order valence-corrected chi connectivity index (χ2v) is 10.1. The van der Waals surface area contributed by atoms with Crippen LogP contribution >= 0.6 is 0 Å².